The molecule has 0 aliphatic rings. The first-order valence-electron chi connectivity index (χ1n) is 7.93. The lowest BCUT2D eigenvalue weighted by molar-refractivity contribution is -0.137. The maximum atomic E-state index is 12.5. The zero-order valence-corrected chi connectivity index (χ0v) is 14.8. The monoisotopic (exact) mass is 391 g/mol. The Hall–Kier alpha value is -3.54. The van der Waals surface area contributed by atoms with Gasteiger partial charge in [-0.05, 0) is 36.4 Å². The van der Waals surface area contributed by atoms with E-state index in [9.17, 15) is 18.0 Å². The molecule has 2 aromatic rings. The smallest absolute Gasteiger partial charge is 0.416 e. The van der Waals surface area contributed by atoms with Gasteiger partial charge in [0.15, 0.2) is 0 Å². The van der Waals surface area contributed by atoms with Crippen LogP contribution in [0.4, 0.5) is 29.3 Å². The van der Waals surface area contributed by atoms with Gasteiger partial charge in [-0.2, -0.15) is 23.4 Å². The number of benzene rings is 2. The number of hydrogen-bond acceptors (Lipinski definition) is 5. The molecule has 0 heterocycles. The second kappa shape index (κ2) is 9.41. The highest BCUT2D eigenvalue weighted by Crippen LogP contribution is 2.30. The van der Waals surface area contributed by atoms with Gasteiger partial charge < -0.3 is 9.47 Å². The summed E-state index contributed by atoms with van der Waals surface area (Å²) in [6, 6.07) is 8.89. The van der Waals surface area contributed by atoms with Gasteiger partial charge in [0.05, 0.1) is 11.3 Å². The molecule has 0 aliphatic heterocycles. The highest BCUT2D eigenvalue weighted by atomic mass is 19.4. The number of nitrogens with one attached hydrogen (secondary N) is 1. The molecular formula is C19H16F3N3O3. The van der Waals surface area contributed by atoms with E-state index in [-0.39, 0.29) is 18.9 Å². The van der Waals surface area contributed by atoms with Crippen molar-refractivity contribution < 1.29 is 27.4 Å². The van der Waals surface area contributed by atoms with Crippen molar-refractivity contribution in [3.63, 3.8) is 0 Å². The number of anilines is 1. The van der Waals surface area contributed by atoms with Crippen LogP contribution in [0, 0.1) is 12.3 Å². The average Bonchev–Trinajstić information content (AvgIpc) is 2.65. The van der Waals surface area contributed by atoms with Crippen molar-refractivity contribution in [1.82, 2.24) is 0 Å². The van der Waals surface area contributed by atoms with E-state index in [1.165, 1.54) is 7.05 Å². The van der Waals surface area contributed by atoms with E-state index < -0.39 is 17.8 Å². The fourth-order valence-electron chi connectivity index (χ4n) is 2.13. The van der Waals surface area contributed by atoms with E-state index in [0.29, 0.717) is 17.0 Å². The quantitative estimate of drug-likeness (QED) is 0.545. The molecule has 0 radical (unpaired) electrons. The van der Waals surface area contributed by atoms with Gasteiger partial charge in [0.25, 0.3) is 0 Å². The standard InChI is InChI=1S/C19H16F3N3O3/c1-3-10-27-17-11-16(25-23-2)7-4-13(17)12-28-18(26)24-15-8-5-14(6-9-15)19(20,21)22/h1,4-9,11H,10,12H2,2H3,(H,24,26). The fraction of sp³-hybridized carbons (Fsp3) is 0.211. The number of nitrogens with zero attached hydrogens (tertiary/aromatic N) is 2. The summed E-state index contributed by atoms with van der Waals surface area (Å²) in [4.78, 5) is 11.9. The topological polar surface area (TPSA) is 72.3 Å². The van der Waals surface area contributed by atoms with Crippen LogP contribution < -0.4 is 10.1 Å². The van der Waals surface area contributed by atoms with Crippen molar-refractivity contribution in [2.45, 2.75) is 12.8 Å². The van der Waals surface area contributed by atoms with Gasteiger partial charge in [0, 0.05) is 24.4 Å². The summed E-state index contributed by atoms with van der Waals surface area (Å²) in [5.41, 5.74) is 0.423. The SMILES string of the molecule is C#CCOc1cc(N=NC)ccc1COC(=O)Nc1ccc(C(F)(F)F)cc1. The van der Waals surface area contributed by atoms with Crippen molar-refractivity contribution >= 4 is 17.5 Å². The normalized spacial score (nSPS) is 11.1. The Labute approximate surface area is 159 Å². The van der Waals surface area contributed by atoms with E-state index >= 15 is 0 Å². The lowest BCUT2D eigenvalue weighted by Gasteiger charge is -2.12. The van der Waals surface area contributed by atoms with Crippen LogP contribution in [0.1, 0.15) is 11.1 Å². The van der Waals surface area contributed by atoms with Crippen LogP contribution in [0.25, 0.3) is 0 Å². The Bertz CT molecular complexity index is 888. The van der Waals surface area contributed by atoms with Gasteiger partial charge in [0.1, 0.15) is 19.0 Å². The van der Waals surface area contributed by atoms with Crippen LogP contribution >= 0.6 is 0 Å². The van der Waals surface area contributed by atoms with Gasteiger partial charge >= 0.3 is 12.3 Å². The number of hydrogen-bond donors (Lipinski definition) is 1. The summed E-state index contributed by atoms with van der Waals surface area (Å²) in [5.74, 6) is 2.71. The minimum atomic E-state index is -4.45. The number of carbonyl (C=O) groups is 1. The second-order valence-corrected chi connectivity index (χ2v) is 5.36. The highest BCUT2D eigenvalue weighted by Gasteiger charge is 2.30. The number of rotatable bonds is 6. The van der Waals surface area contributed by atoms with E-state index in [0.717, 1.165) is 24.3 Å². The van der Waals surface area contributed by atoms with E-state index in [1.54, 1.807) is 18.2 Å². The van der Waals surface area contributed by atoms with Crippen LogP contribution in [0.5, 0.6) is 5.75 Å². The predicted octanol–water partition coefficient (Wildman–Crippen LogP) is 5.18. The molecule has 0 fully saturated rings. The molecule has 0 saturated carbocycles. The molecule has 146 valence electrons. The molecule has 28 heavy (non-hydrogen) atoms. The third-order valence-electron chi connectivity index (χ3n) is 3.39. The number of halogens is 3. The number of terminal acetylenes is 1. The number of azo groups is 1. The molecule has 2 rings (SSSR count). The van der Waals surface area contributed by atoms with Crippen LogP contribution in [-0.4, -0.2) is 19.7 Å². The van der Waals surface area contributed by atoms with Crippen molar-refractivity contribution in [2.24, 2.45) is 10.2 Å². The summed E-state index contributed by atoms with van der Waals surface area (Å²) in [7, 11) is 1.52. The molecule has 0 unspecified atom stereocenters. The van der Waals surface area contributed by atoms with Crippen LogP contribution in [-0.2, 0) is 17.5 Å². The summed E-state index contributed by atoms with van der Waals surface area (Å²) in [6.07, 6.45) is -0.0944. The van der Waals surface area contributed by atoms with Gasteiger partial charge in [-0.15, -0.1) is 6.42 Å². The Balaban J connectivity index is 2.00. The summed E-state index contributed by atoms with van der Waals surface area (Å²) >= 11 is 0. The van der Waals surface area contributed by atoms with Gasteiger partial charge in [-0.3, -0.25) is 5.32 Å². The van der Waals surface area contributed by atoms with Crippen LogP contribution in [0.15, 0.2) is 52.7 Å². The molecule has 0 saturated heterocycles. The summed E-state index contributed by atoms with van der Waals surface area (Å²) in [6.45, 7) is -0.132. The largest absolute Gasteiger partial charge is 0.480 e. The Kier molecular flexibility index (Phi) is 6.98. The van der Waals surface area contributed by atoms with Crippen molar-refractivity contribution in [2.75, 3.05) is 19.0 Å². The van der Waals surface area contributed by atoms with Crippen molar-refractivity contribution in [1.29, 1.82) is 0 Å². The van der Waals surface area contributed by atoms with Gasteiger partial charge in [-0.25, -0.2) is 4.79 Å². The molecule has 2 aromatic carbocycles. The first-order valence-corrected chi connectivity index (χ1v) is 7.93. The molecule has 6 nitrogen and oxygen atoms in total. The number of amides is 1. The van der Waals surface area contributed by atoms with Crippen molar-refractivity contribution in [3.8, 4) is 18.1 Å². The van der Waals surface area contributed by atoms with Gasteiger partial charge in [0.2, 0.25) is 0 Å². The molecule has 9 heteroatoms. The van der Waals surface area contributed by atoms with E-state index in [4.69, 9.17) is 15.9 Å². The minimum Gasteiger partial charge on any atom is -0.480 e. The zero-order valence-electron chi connectivity index (χ0n) is 14.8. The third kappa shape index (κ3) is 6.02. The highest BCUT2D eigenvalue weighted by molar-refractivity contribution is 5.84. The molecular weight excluding hydrogens is 375 g/mol. The fourth-order valence-corrected chi connectivity index (χ4v) is 2.13. The molecule has 1 amide bonds. The zero-order chi connectivity index (χ0) is 20.6. The number of carbonyl (C=O) groups excluding carboxylic acids is 1. The molecule has 0 aliphatic carbocycles. The Morgan fingerprint density at radius 3 is 2.54 bits per heavy atom. The maximum absolute atomic E-state index is 12.5. The molecule has 0 bridgehead atoms. The Morgan fingerprint density at radius 2 is 1.93 bits per heavy atom. The molecule has 0 atom stereocenters. The van der Waals surface area contributed by atoms with Crippen LogP contribution in [0.3, 0.4) is 0 Å². The average molecular weight is 391 g/mol. The van der Waals surface area contributed by atoms with E-state index in [2.05, 4.69) is 21.5 Å². The molecule has 1 N–H and O–H groups in total. The van der Waals surface area contributed by atoms with E-state index in [1.807, 2.05) is 0 Å². The number of alkyl halides is 3. The Morgan fingerprint density at radius 1 is 1.21 bits per heavy atom. The third-order valence-corrected chi connectivity index (χ3v) is 3.39. The summed E-state index contributed by atoms with van der Waals surface area (Å²) in [5, 5.41) is 9.90. The molecule has 0 spiro atoms. The lowest BCUT2D eigenvalue weighted by atomic mass is 10.2. The minimum absolute atomic E-state index is 0.0114. The molecule has 0 aromatic heterocycles. The summed E-state index contributed by atoms with van der Waals surface area (Å²) < 4.78 is 48.1. The predicted molar refractivity (Wildman–Crippen MR) is 96.5 cm³/mol. The maximum Gasteiger partial charge on any atom is 0.416 e. The lowest BCUT2D eigenvalue weighted by Crippen LogP contribution is -2.14. The first kappa shape index (κ1) is 20.8. The van der Waals surface area contributed by atoms with Crippen LogP contribution in [0.2, 0.25) is 0 Å². The second-order valence-electron chi connectivity index (χ2n) is 5.36. The number of ether oxygens (including phenoxy) is 2. The van der Waals surface area contributed by atoms with Crippen molar-refractivity contribution in [3.05, 3.63) is 53.6 Å². The van der Waals surface area contributed by atoms with Gasteiger partial charge in [-0.1, -0.05) is 5.92 Å². The first-order chi connectivity index (χ1) is 13.3.